The standard InChI is InChI=1S/C29H35BrClN3/c30-25-11-14-28-27(19-25)32-29(34(28)21-23-8-12-26(31)13-9-23)15-10-24-16-18-33(20-24)17-4-7-22-5-2-1-3-6-22/h8-15,19,22,24H,1-7,16-18,20-21H2/b15-10+. The fraction of sp³-hybridized carbons (Fsp3) is 0.483. The van der Waals surface area contributed by atoms with Crippen LogP contribution in [0.4, 0.5) is 0 Å². The lowest BCUT2D eigenvalue weighted by Gasteiger charge is -2.22. The minimum absolute atomic E-state index is 0.616. The van der Waals surface area contributed by atoms with Crippen LogP contribution in [0.15, 0.2) is 53.0 Å². The summed E-state index contributed by atoms with van der Waals surface area (Å²) in [6.45, 7) is 4.47. The van der Waals surface area contributed by atoms with Gasteiger partial charge in [0, 0.05) is 22.6 Å². The third-order valence-electron chi connectivity index (χ3n) is 7.63. The molecule has 0 N–H and O–H groups in total. The van der Waals surface area contributed by atoms with E-state index in [1.165, 1.54) is 76.6 Å². The van der Waals surface area contributed by atoms with Gasteiger partial charge in [-0.1, -0.05) is 77.8 Å². The van der Waals surface area contributed by atoms with Crippen LogP contribution in [0.25, 0.3) is 17.1 Å². The maximum absolute atomic E-state index is 6.10. The Balaban J connectivity index is 1.24. The molecule has 1 atom stereocenters. The molecule has 34 heavy (non-hydrogen) atoms. The molecule has 2 fully saturated rings. The number of hydrogen-bond acceptors (Lipinski definition) is 2. The topological polar surface area (TPSA) is 21.1 Å². The van der Waals surface area contributed by atoms with Gasteiger partial charge in [0.2, 0.25) is 0 Å². The molecule has 1 aromatic heterocycles. The summed E-state index contributed by atoms with van der Waals surface area (Å²) in [6, 6.07) is 14.5. The molecule has 5 rings (SSSR count). The predicted octanol–water partition coefficient (Wildman–Crippen LogP) is 8.20. The van der Waals surface area contributed by atoms with Crippen molar-refractivity contribution in [2.24, 2.45) is 11.8 Å². The first-order chi connectivity index (χ1) is 16.6. The first-order valence-electron chi connectivity index (χ1n) is 12.9. The Kier molecular flexibility index (Phi) is 8.09. The van der Waals surface area contributed by atoms with Crippen LogP contribution in [-0.2, 0) is 6.54 Å². The van der Waals surface area contributed by atoms with E-state index in [0.717, 1.165) is 38.8 Å². The zero-order valence-corrected chi connectivity index (χ0v) is 22.3. The van der Waals surface area contributed by atoms with Crippen LogP contribution < -0.4 is 0 Å². The van der Waals surface area contributed by atoms with Crippen molar-refractivity contribution in [2.75, 3.05) is 19.6 Å². The minimum Gasteiger partial charge on any atom is -0.320 e. The zero-order chi connectivity index (χ0) is 23.3. The SMILES string of the molecule is Clc1ccc(Cn2c(/C=C/C3CCN(CCCC4CCCCC4)C3)nc3cc(Br)ccc32)cc1. The van der Waals surface area contributed by atoms with Crippen LogP contribution in [0.3, 0.4) is 0 Å². The molecule has 3 nitrogen and oxygen atoms in total. The van der Waals surface area contributed by atoms with Crippen molar-refractivity contribution >= 4 is 44.6 Å². The number of halogens is 2. The third kappa shape index (κ3) is 6.13. The van der Waals surface area contributed by atoms with Crippen molar-refractivity contribution in [1.29, 1.82) is 0 Å². The quantitative estimate of drug-likeness (QED) is 0.287. The van der Waals surface area contributed by atoms with Gasteiger partial charge in [-0.25, -0.2) is 4.98 Å². The van der Waals surface area contributed by atoms with Crippen molar-refractivity contribution < 1.29 is 0 Å². The molecule has 0 radical (unpaired) electrons. The highest BCUT2D eigenvalue weighted by Gasteiger charge is 2.21. The Morgan fingerprint density at radius 1 is 1.03 bits per heavy atom. The summed E-state index contributed by atoms with van der Waals surface area (Å²) in [7, 11) is 0. The highest BCUT2D eigenvalue weighted by Crippen LogP contribution is 2.28. The molecule has 3 aromatic rings. The summed E-state index contributed by atoms with van der Waals surface area (Å²) in [5.41, 5.74) is 3.42. The van der Waals surface area contributed by atoms with E-state index in [-0.39, 0.29) is 0 Å². The fourth-order valence-electron chi connectivity index (χ4n) is 5.71. The van der Waals surface area contributed by atoms with E-state index in [1.54, 1.807) is 0 Å². The second kappa shape index (κ2) is 11.4. The minimum atomic E-state index is 0.616. The van der Waals surface area contributed by atoms with E-state index in [1.807, 2.05) is 12.1 Å². The molecular weight excluding hydrogens is 506 g/mol. The highest BCUT2D eigenvalue weighted by molar-refractivity contribution is 9.10. The molecule has 0 bridgehead atoms. The van der Waals surface area contributed by atoms with Gasteiger partial charge in [0.05, 0.1) is 11.0 Å². The lowest BCUT2D eigenvalue weighted by molar-refractivity contribution is 0.283. The molecule has 5 heteroatoms. The predicted molar refractivity (Wildman–Crippen MR) is 147 cm³/mol. The molecule has 2 heterocycles. The van der Waals surface area contributed by atoms with Gasteiger partial charge in [-0.2, -0.15) is 0 Å². The monoisotopic (exact) mass is 539 g/mol. The second-order valence-electron chi connectivity index (χ2n) is 10.2. The van der Waals surface area contributed by atoms with Crippen LogP contribution in [0.2, 0.25) is 5.02 Å². The fourth-order valence-corrected chi connectivity index (χ4v) is 6.19. The normalized spacial score (nSPS) is 20.1. The van der Waals surface area contributed by atoms with Crippen molar-refractivity contribution in [3.8, 4) is 0 Å². The maximum Gasteiger partial charge on any atom is 0.133 e. The van der Waals surface area contributed by atoms with Gasteiger partial charge in [0.15, 0.2) is 0 Å². The number of likely N-dealkylation sites (tertiary alicyclic amines) is 1. The van der Waals surface area contributed by atoms with E-state index in [2.05, 4.69) is 67.9 Å². The maximum atomic E-state index is 6.10. The van der Waals surface area contributed by atoms with Crippen molar-refractivity contribution in [1.82, 2.24) is 14.5 Å². The van der Waals surface area contributed by atoms with Crippen LogP contribution in [0.1, 0.15) is 62.8 Å². The third-order valence-corrected chi connectivity index (χ3v) is 8.38. The number of hydrogen-bond donors (Lipinski definition) is 0. The Labute approximate surface area is 217 Å². The highest BCUT2D eigenvalue weighted by atomic mass is 79.9. The Morgan fingerprint density at radius 3 is 2.68 bits per heavy atom. The van der Waals surface area contributed by atoms with Gasteiger partial charge < -0.3 is 9.47 Å². The van der Waals surface area contributed by atoms with E-state index in [4.69, 9.17) is 16.6 Å². The van der Waals surface area contributed by atoms with Crippen molar-refractivity contribution in [3.63, 3.8) is 0 Å². The molecule has 1 aliphatic carbocycles. The zero-order valence-electron chi connectivity index (χ0n) is 19.9. The van der Waals surface area contributed by atoms with Crippen LogP contribution in [0, 0.1) is 11.8 Å². The van der Waals surface area contributed by atoms with Gasteiger partial charge in [-0.15, -0.1) is 0 Å². The molecule has 0 spiro atoms. The Morgan fingerprint density at radius 2 is 1.85 bits per heavy atom. The summed E-state index contributed by atoms with van der Waals surface area (Å²) >= 11 is 9.70. The van der Waals surface area contributed by atoms with Gasteiger partial charge in [-0.3, -0.25) is 0 Å². The largest absolute Gasteiger partial charge is 0.320 e. The second-order valence-corrected chi connectivity index (χ2v) is 11.5. The number of rotatable bonds is 8. The molecular formula is C29H35BrClN3. The van der Waals surface area contributed by atoms with Gasteiger partial charge in [0.1, 0.15) is 5.82 Å². The van der Waals surface area contributed by atoms with E-state index >= 15 is 0 Å². The summed E-state index contributed by atoms with van der Waals surface area (Å²) in [5.74, 6) is 2.64. The van der Waals surface area contributed by atoms with E-state index < -0.39 is 0 Å². The summed E-state index contributed by atoms with van der Waals surface area (Å²) < 4.78 is 3.38. The molecule has 1 unspecified atom stereocenters. The van der Waals surface area contributed by atoms with Crippen LogP contribution in [0.5, 0.6) is 0 Å². The lowest BCUT2D eigenvalue weighted by Crippen LogP contribution is -2.22. The smallest absolute Gasteiger partial charge is 0.133 e. The molecule has 1 saturated carbocycles. The lowest BCUT2D eigenvalue weighted by atomic mass is 9.86. The number of benzene rings is 2. The van der Waals surface area contributed by atoms with E-state index in [0.29, 0.717) is 5.92 Å². The van der Waals surface area contributed by atoms with Gasteiger partial charge in [-0.05, 0) is 86.2 Å². The Bertz CT molecular complexity index is 1110. The molecule has 2 aliphatic rings. The summed E-state index contributed by atoms with van der Waals surface area (Å²) in [4.78, 5) is 7.65. The average Bonchev–Trinajstić information content (AvgIpc) is 3.44. The number of aromatic nitrogens is 2. The average molecular weight is 541 g/mol. The van der Waals surface area contributed by atoms with Crippen LogP contribution in [-0.4, -0.2) is 34.1 Å². The summed E-state index contributed by atoms with van der Waals surface area (Å²) in [6.07, 6.45) is 16.0. The molecule has 180 valence electrons. The van der Waals surface area contributed by atoms with Crippen LogP contribution >= 0.6 is 27.5 Å². The number of fused-ring (bicyclic) bond motifs is 1. The van der Waals surface area contributed by atoms with Gasteiger partial charge in [0.25, 0.3) is 0 Å². The molecule has 2 aromatic carbocycles. The van der Waals surface area contributed by atoms with Gasteiger partial charge >= 0.3 is 0 Å². The summed E-state index contributed by atoms with van der Waals surface area (Å²) in [5, 5.41) is 0.771. The first kappa shape index (κ1) is 24.1. The van der Waals surface area contributed by atoms with Crippen molar-refractivity contribution in [3.05, 3.63) is 69.4 Å². The van der Waals surface area contributed by atoms with Crippen molar-refractivity contribution in [2.45, 2.75) is 57.9 Å². The molecule has 1 aliphatic heterocycles. The van der Waals surface area contributed by atoms with E-state index in [9.17, 15) is 0 Å². The Hall–Kier alpha value is -1.62. The first-order valence-corrected chi connectivity index (χ1v) is 14.1. The molecule has 1 saturated heterocycles. The number of nitrogens with zero attached hydrogens (tertiary/aromatic N) is 3. The molecule has 0 amide bonds. The number of imidazole rings is 1.